The SMILES string of the molecule is Clc1ccc(Br)c(NCc2cc[nH]c2)c1. The molecule has 1 heterocycles. The number of nitrogens with one attached hydrogen (secondary N) is 2. The lowest BCUT2D eigenvalue weighted by atomic mass is 10.3. The molecule has 0 radical (unpaired) electrons. The van der Waals surface area contributed by atoms with E-state index in [0.29, 0.717) is 0 Å². The summed E-state index contributed by atoms with van der Waals surface area (Å²) in [5, 5.41) is 4.04. The van der Waals surface area contributed by atoms with Crippen LogP contribution in [0.4, 0.5) is 5.69 Å². The van der Waals surface area contributed by atoms with Gasteiger partial charge in [-0.2, -0.15) is 0 Å². The Hall–Kier alpha value is -0.930. The summed E-state index contributed by atoms with van der Waals surface area (Å²) in [5.41, 5.74) is 2.21. The van der Waals surface area contributed by atoms with Crippen molar-refractivity contribution in [2.24, 2.45) is 0 Å². The molecule has 0 aliphatic rings. The van der Waals surface area contributed by atoms with Crippen molar-refractivity contribution in [3.63, 3.8) is 0 Å². The molecule has 0 saturated heterocycles. The molecule has 0 saturated carbocycles. The van der Waals surface area contributed by atoms with Crippen LogP contribution in [0.2, 0.25) is 5.02 Å². The zero-order valence-electron chi connectivity index (χ0n) is 7.93. The van der Waals surface area contributed by atoms with E-state index in [2.05, 4.69) is 26.2 Å². The maximum absolute atomic E-state index is 5.91. The Labute approximate surface area is 102 Å². The molecule has 0 spiro atoms. The highest BCUT2D eigenvalue weighted by Gasteiger charge is 2.00. The van der Waals surface area contributed by atoms with Crippen LogP contribution in [0.1, 0.15) is 5.56 Å². The second kappa shape index (κ2) is 4.73. The van der Waals surface area contributed by atoms with Crippen molar-refractivity contribution < 1.29 is 0 Å². The average molecular weight is 286 g/mol. The van der Waals surface area contributed by atoms with Crippen LogP contribution >= 0.6 is 27.5 Å². The second-order valence-electron chi connectivity index (χ2n) is 3.20. The third kappa shape index (κ3) is 2.76. The summed E-state index contributed by atoms with van der Waals surface area (Å²) >= 11 is 9.38. The number of aromatic amines is 1. The summed E-state index contributed by atoms with van der Waals surface area (Å²) in [5.74, 6) is 0. The molecule has 0 amide bonds. The lowest BCUT2D eigenvalue weighted by Crippen LogP contribution is -1.98. The van der Waals surface area contributed by atoms with Crippen LogP contribution < -0.4 is 5.32 Å². The van der Waals surface area contributed by atoms with Crippen molar-refractivity contribution in [3.05, 3.63) is 51.7 Å². The molecule has 2 aromatic rings. The topological polar surface area (TPSA) is 27.8 Å². The van der Waals surface area contributed by atoms with E-state index in [1.807, 2.05) is 36.7 Å². The normalized spacial score (nSPS) is 10.3. The van der Waals surface area contributed by atoms with E-state index in [-0.39, 0.29) is 0 Å². The Kier molecular flexibility index (Phi) is 3.34. The fourth-order valence-electron chi connectivity index (χ4n) is 1.30. The van der Waals surface area contributed by atoms with E-state index in [1.165, 1.54) is 5.56 Å². The van der Waals surface area contributed by atoms with E-state index in [0.717, 1.165) is 21.7 Å². The van der Waals surface area contributed by atoms with Gasteiger partial charge in [-0.05, 0) is 45.8 Å². The monoisotopic (exact) mass is 284 g/mol. The smallest absolute Gasteiger partial charge is 0.0502 e. The number of hydrogen-bond donors (Lipinski definition) is 2. The summed E-state index contributed by atoms with van der Waals surface area (Å²) in [6.07, 6.45) is 3.87. The summed E-state index contributed by atoms with van der Waals surface area (Å²) in [6, 6.07) is 7.72. The number of anilines is 1. The minimum Gasteiger partial charge on any atom is -0.380 e. The minimum atomic E-state index is 0.731. The van der Waals surface area contributed by atoms with Crippen LogP contribution in [-0.4, -0.2) is 4.98 Å². The fraction of sp³-hybridized carbons (Fsp3) is 0.0909. The largest absolute Gasteiger partial charge is 0.380 e. The molecule has 15 heavy (non-hydrogen) atoms. The first-order valence-electron chi connectivity index (χ1n) is 4.56. The van der Waals surface area contributed by atoms with Crippen LogP contribution in [0.5, 0.6) is 0 Å². The van der Waals surface area contributed by atoms with Crippen molar-refractivity contribution in [1.82, 2.24) is 4.98 Å². The Balaban J connectivity index is 2.07. The molecule has 0 unspecified atom stereocenters. The first-order valence-corrected chi connectivity index (χ1v) is 5.73. The molecule has 2 nitrogen and oxygen atoms in total. The van der Waals surface area contributed by atoms with Crippen molar-refractivity contribution in [1.29, 1.82) is 0 Å². The molecule has 4 heteroatoms. The van der Waals surface area contributed by atoms with Gasteiger partial charge in [-0.25, -0.2) is 0 Å². The van der Waals surface area contributed by atoms with Crippen molar-refractivity contribution in [2.75, 3.05) is 5.32 Å². The highest BCUT2D eigenvalue weighted by molar-refractivity contribution is 9.10. The lowest BCUT2D eigenvalue weighted by molar-refractivity contribution is 1.15. The van der Waals surface area contributed by atoms with Crippen LogP contribution in [0, 0.1) is 0 Å². The number of H-pyrrole nitrogens is 1. The number of halogens is 2. The lowest BCUT2D eigenvalue weighted by Gasteiger charge is -2.07. The van der Waals surface area contributed by atoms with E-state index >= 15 is 0 Å². The predicted molar refractivity (Wildman–Crippen MR) is 67.3 cm³/mol. The Morgan fingerprint density at radius 1 is 1.33 bits per heavy atom. The third-order valence-electron chi connectivity index (χ3n) is 2.07. The summed E-state index contributed by atoms with van der Waals surface area (Å²) in [4.78, 5) is 3.01. The highest BCUT2D eigenvalue weighted by Crippen LogP contribution is 2.26. The zero-order valence-corrected chi connectivity index (χ0v) is 10.3. The predicted octanol–water partition coefficient (Wildman–Crippen LogP) is 4.04. The first kappa shape index (κ1) is 10.6. The number of benzene rings is 1. The second-order valence-corrected chi connectivity index (χ2v) is 4.49. The Bertz CT molecular complexity index is 440. The average Bonchev–Trinajstić information content (AvgIpc) is 2.72. The van der Waals surface area contributed by atoms with E-state index in [9.17, 15) is 0 Å². The van der Waals surface area contributed by atoms with Gasteiger partial charge in [-0.1, -0.05) is 11.6 Å². The third-order valence-corrected chi connectivity index (χ3v) is 3.00. The number of hydrogen-bond acceptors (Lipinski definition) is 1. The Morgan fingerprint density at radius 3 is 2.93 bits per heavy atom. The van der Waals surface area contributed by atoms with Gasteiger partial charge in [0.25, 0.3) is 0 Å². The zero-order chi connectivity index (χ0) is 10.7. The molecule has 0 aliphatic heterocycles. The van der Waals surface area contributed by atoms with Crippen molar-refractivity contribution in [3.8, 4) is 0 Å². The van der Waals surface area contributed by atoms with Crippen LogP contribution in [0.25, 0.3) is 0 Å². The number of aromatic nitrogens is 1. The van der Waals surface area contributed by atoms with Crippen LogP contribution in [-0.2, 0) is 6.54 Å². The fourth-order valence-corrected chi connectivity index (χ4v) is 1.86. The van der Waals surface area contributed by atoms with Crippen molar-refractivity contribution in [2.45, 2.75) is 6.54 Å². The van der Waals surface area contributed by atoms with Gasteiger partial charge >= 0.3 is 0 Å². The van der Waals surface area contributed by atoms with Gasteiger partial charge < -0.3 is 10.3 Å². The maximum atomic E-state index is 5.91. The standard InChI is InChI=1S/C11H10BrClN2/c12-10-2-1-9(13)5-11(10)15-7-8-3-4-14-6-8/h1-6,14-15H,7H2. The first-order chi connectivity index (χ1) is 7.25. The summed E-state index contributed by atoms with van der Waals surface area (Å²) in [6.45, 7) is 0.780. The van der Waals surface area contributed by atoms with E-state index < -0.39 is 0 Å². The van der Waals surface area contributed by atoms with Crippen LogP contribution in [0.15, 0.2) is 41.1 Å². The molecule has 2 rings (SSSR count). The number of rotatable bonds is 3. The van der Waals surface area contributed by atoms with E-state index in [1.54, 1.807) is 0 Å². The summed E-state index contributed by atoms with van der Waals surface area (Å²) < 4.78 is 1.02. The molecular formula is C11H10BrClN2. The molecule has 0 atom stereocenters. The van der Waals surface area contributed by atoms with Gasteiger partial charge in [0.15, 0.2) is 0 Å². The van der Waals surface area contributed by atoms with Gasteiger partial charge in [0.05, 0.1) is 5.69 Å². The van der Waals surface area contributed by atoms with Crippen molar-refractivity contribution >= 4 is 33.2 Å². The Morgan fingerprint density at radius 2 is 2.20 bits per heavy atom. The van der Waals surface area contributed by atoms with Crippen LogP contribution in [0.3, 0.4) is 0 Å². The minimum absolute atomic E-state index is 0.731. The van der Waals surface area contributed by atoms with E-state index in [4.69, 9.17) is 11.6 Å². The molecule has 1 aromatic carbocycles. The molecule has 0 bridgehead atoms. The molecule has 78 valence electrons. The summed E-state index contributed by atoms with van der Waals surface area (Å²) in [7, 11) is 0. The maximum Gasteiger partial charge on any atom is 0.0502 e. The highest BCUT2D eigenvalue weighted by atomic mass is 79.9. The molecular weight excluding hydrogens is 275 g/mol. The molecule has 0 fully saturated rings. The van der Waals surface area contributed by atoms with Gasteiger partial charge in [0, 0.05) is 28.4 Å². The van der Waals surface area contributed by atoms with Gasteiger partial charge in [-0.15, -0.1) is 0 Å². The van der Waals surface area contributed by atoms with Gasteiger partial charge in [0.2, 0.25) is 0 Å². The quantitative estimate of drug-likeness (QED) is 0.875. The van der Waals surface area contributed by atoms with Gasteiger partial charge in [-0.3, -0.25) is 0 Å². The molecule has 0 aliphatic carbocycles. The molecule has 2 N–H and O–H groups in total. The molecule has 1 aromatic heterocycles. The van der Waals surface area contributed by atoms with Gasteiger partial charge in [0.1, 0.15) is 0 Å².